The molecule has 0 bridgehead atoms. The molecule has 0 aromatic carbocycles. The lowest BCUT2D eigenvalue weighted by molar-refractivity contribution is 0.768. The van der Waals surface area contributed by atoms with Crippen LogP contribution in [0.4, 0.5) is 10.8 Å². The molecular formula is C8H11N5S. The van der Waals surface area contributed by atoms with Gasteiger partial charge in [0.15, 0.2) is 0 Å². The second-order valence-electron chi connectivity index (χ2n) is 2.90. The Morgan fingerprint density at radius 1 is 1.57 bits per heavy atom. The van der Waals surface area contributed by atoms with Gasteiger partial charge in [-0.1, -0.05) is 6.92 Å². The molecule has 0 spiro atoms. The predicted molar refractivity (Wildman–Crippen MR) is 55.8 cm³/mol. The van der Waals surface area contributed by atoms with E-state index >= 15 is 0 Å². The highest BCUT2D eigenvalue weighted by atomic mass is 32.1. The Labute approximate surface area is 86.0 Å². The molecule has 5 nitrogen and oxygen atoms in total. The van der Waals surface area contributed by atoms with Gasteiger partial charge in [0, 0.05) is 31.2 Å². The van der Waals surface area contributed by atoms with Crippen molar-refractivity contribution in [2.75, 3.05) is 5.32 Å². The number of aryl methyl sites for hydroxylation is 2. The van der Waals surface area contributed by atoms with Gasteiger partial charge < -0.3 is 5.32 Å². The molecule has 2 rings (SSSR count). The Morgan fingerprint density at radius 3 is 3.00 bits per heavy atom. The summed E-state index contributed by atoms with van der Waals surface area (Å²) in [6.45, 7) is 2.04. The summed E-state index contributed by atoms with van der Waals surface area (Å²) in [5.41, 5.74) is 0.936. The summed E-state index contributed by atoms with van der Waals surface area (Å²) in [6.07, 6.45) is 4.52. The predicted octanol–water partition coefficient (Wildman–Crippen LogP) is 1.58. The van der Waals surface area contributed by atoms with Crippen molar-refractivity contribution >= 4 is 22.4 Å². The van der Waals surface area contributed by atoms with Crippen LogP contribution in [0.5, 0.6) is 0 Å². The third kappa shape index (κ3) is 1.90. The van der Waals surface area contributed by atoms with Crippen LogP contribution >= 0.6 is 11.5 Å². The fraction of sp³-hybridized carbons (Fsp3) is 0.375. The number of aromatic nitrogens is 4. The topological polar surface area (TPSA) is 55.6 Å². The normalized spacial score (nSPS) is 10.4. The molecule has 1 N–H and O–H groups in total. The molecule has 0 aliphatic carbocycles. The molecule has 0 aliphatic rings. The van der Waals surface area contributed by atoms with Gasteiger partial charge in [-0.05, 0) is 0 Å². The number of rotatable bonds is 3. The zero-order valence-electron chi connectivity index (χ0n) is 8.06. The first-order valence-electron chi connectivity index (χ1n) is 4.36. The van der Waals surface area contributed by atoms with E-state index in [9.17, 15) is 0 Å². The molecule has 0 saturated carbocycles. The smallest absolute Gasteiger partial charge is 0.207 e. The highest BCUT2D eigenvalue weighted by Gasteiger charge is 2.02. The number of anilines is 2. The van der Waals surface area contributed by atoms with Crippen molar-refractivity contribution < 1.29 is 0 Å². The zero-order chi connectivity index (χ0) is 9.97. The van der Waals surface area contributed by atoms with E-state index in [2.05, 4.69) is 19.8 Å². The minimum Gasteiger partial charge on any atom is -0.328 e. The van der Waals surface area contributed by atoms with Gasteiger partial charge in [0.1, 0.15) is 5.82 Å². The average molecular weight is 209 g/mol. The van der Waals surface area contributed by atoms with E-state index in [0.717, 1.165) is 23.1 Å². The van der Waals surface area contributed by atoms with Gasteiger partial charge in [0.2, 0.25) is 5.13 Å². The molecule has 14 heavy (non-hydrogen) atoms. The van der Waals surface area contributed by atoms with Crippen molar-refractivity contribution in [2.45, 2.75) is 13.3 Å². The summed E-state index contributed by atoms with van der Waals surface area (Å²) in [6, 6.07) is 0. The van der Waals surface area contributed by atoms with E-state index in [1.54, 1.807) is 10.9 Å². The largest absolute Gasteiger partial charge is 0.328 e. The quantitative estimate of drug-likeness (QED) is 0.833. The molecule has 0 unspecified atom stereocenters. The maximum absolute atomic E-state index is 4.29. The minimum absolute atomic E-state index is 0.815. The van der Waals surface area contributed by atoms with Crippen molar-refractivity contribution in [3.05, 3.63) is 18.2 Å². The Morgan fingerprint density at radius 2 is 2.43 bits per heavy atom. The standard InChI is InChI=1S/C8H11N5S/c1-3-7-11-8(14-12-7)10-6-4-9-13(2)5-6/h4-5H,3H2,1-2H3,(H,10,11,12). The molecule has 2 aromatic heterocycles. The summed E-state index contributed by atoms with van der Waals surface area (Å²) >= 11 is 1.37. The van der Waals surface area contributed by atoms with Gasteiger partial charge in [0.05, 0.1) is 11.9 Å². The Kier molecular flexibility index (Phi) is 2.45. The summed E-state index contributed by atoms with van der Waals surface area (Å²) in [7, 11) is 1.88. The van der Waals surface area contributed by atoms with Gasteiger partial charge in [0.25, 0.3) is 0 Å². The number of hydrogen-bond acceptors (Lipinski definition) is 5. The fourth-order valence-corrected chi connectivity index (χ4v) is 1.73. The summed E-state index contributed by atoms with van der Waals surface area (Å²) in [4.78, 5) is 4.29. The van der Waals surface area contributed by atoms with E-state index in [0.29, 0.717) is 0 Å². The Hall–Kier alpha value is -1.43. The molecule has 0 aliphatic heterocycles. The summed E-state index contributed by atoms with van der Waals surface area (Å²) in [5.74, 6) is 0.876. The van der Waals surface area contributed by atoms with Crippen molar-refractivity contribution in [1.29, 1.82) is 0 Å². The first-order valence-corrected chi connectivity index (χ1v) is 5.13. The van der Waals surface area contributed by atoms with E-state index in [1.807, 2.05) is 20.2 Å². The maximum atomic E-state index is 4.29. The second kappa shape index (κ2) is 3.75. The Bertz CT molecular complexity index is 419. The molecule has 0 fully saturated rings. The van der Waals surface area contributed by atoms with E-state index in [4.69, 9.17) is 0 Å². The van der Waals surface area contributed by atoms with Gasteiger partial charge in [-0.2, -0.15) is 9.47 Å². The summed E-state index contributed by atoms with van der Waals surface area (Å²) < 4.78 is 5.92. The molecule has 2 heterocycles. The van der Waals surface area contributed by atoms with E-state index in [-0.39, 0.29) is 0 Å². The average Bonchev–Trinajstić information content (AvgIpc) is 2.76. The van der Waals surface area contributed by atoms with Crippen molar-refractivity contribution in [1.82, 2.24) is 19.1 Å². The van der Waals surface area contributed by atoms with Crippen LogP contribution in [0.25, 0.3) is 0 Å². The van der Waals surface area contributed by atoms with Crippen LogP contribution in [0.3, 0.4) is 0 Å². The van der Waals surface area contributed by atoms with Gasteiger partial charge in [-0.3, -0.25) is 4.68 Å². The first kappa shape index (κ1) is 9.14. The van der Waals surface area contributed by atoms with Crippen molar-refractivity contribution in [2.24, 2.45) is 7.05 Å². The van der Waals surface area contributed by atoms with Crippen LogP contribution in [0.2, 0.25) is 0 Å². The zero-order valence-corrected chi connectivity index (χ0v) is 8.88. The SMILES string of the molecule is CCc1nsc(Nc2cnn(C)c2)n1. The lowest BCUT2D eigenvalue weighted by Crippen LogP contribution is -1.89. The molecule has 74 valence electrons. The number of hydrogen-bond donors (Lipinski definition) is 1. The summed E-state index contributed by atoms with van der Waals surface area (Å²) in [5, 5.41) is 8.01. The number of nitrogens with one attached hydrogen (secondary N) is 1. The highest BCUT2D eigenvalue weighted by molar-refractivity contribution is 7.09. The molecule has 0 amide bonds. The third-order valence-electron chi connectivity index (χ3n) is 1.74. The Balaban J connectivity index is 2.10. The van der Waals surface area contributed by atoms with Crippen LogP contribution in [-0.2, 0) is 13.5 Å². The van der Waals surface area contributed by atoms with Crippen LogP contribution in [0.15, 0.2) is 12.4 Å². The van der Waals surface area contributed by atoms with Crippen molar-refractivity contribution in [3.8, 4) is 0 Å². The molecule has 0 saturated heterocycles. The lowest BCUT2D eigenvalue weighted by Gasteiger charge is -1.94. The van der Waals surface area contributed by atoms with Crippen LogP contribution in [-0.4, -0.2) is 19.1 Å². The molecule has 6 heteroatoms. The molecule has 0 radical (unpaired) electrons. The molecule has 2 aromatic rings. The van der Waals surface area contributed by atoms with Gasteiger partial charge in [-0.25, -0.2) is 4.98 Å². The lowest BCUT2D eigenvalue weighted by atomic mass is 10.5. The van der Waals surface area contributed by atoms with Gasteiger partial charge in [-0.15, -0.1) is 0 Å². The third-order valence-corrected chi connectivity index (χ3v) is 2.41. The van der Waals surface area contributed by atoms with Crippen LogP contribution in [0, 0.1) is 0 Å². The van der Waals surface area contributed by atoms with Crippen LogP contribution in [0.1, 0.15) is 12.7 Å². The maximum Gasteiger partial charge on any atom is 0.207 e. The second-order valence-corrected chi connectivity index (χ2v) is 3.65. The van der Waals surface area contributed by atoms with Gasteiger partial charge >= 0.3 is 0 Å². The molecule has 0 atom stereocenters. The number of nitrogens with zero attached hydrogens (tertiary/aromatic N) is 4. The fourth-order valence-electron chi connectivity index (χ4n) is 1.06. The van der Waals surface area contributed by atoms with Crippen LogP contribution < -0.4 is 5.32 Å². The monoisotopic (exact) mass is 209 g/mol. The highest BCUT2D eigenvalue weighted by Crippen LogP contribution is 2.17. The van der Waals surface area contributed by atoms with E-state index < -0.39 is 0 Å². The molecular weight excluding hydrogens is 198 g/mol. The van der Waals surface area contributed by atoms with Crippen molar-refractivity contribution in [3.63, 3.8) is 0 Å². The van der Waals surface area contributed by atoms with E-state index in [1.165, 1.54) is 11.5 Å². The first-order chi connectivity index (χ1) is 6.78. The minimum atomic E-state index is 0.815.